The van der Waals surface area contributed by atoms with E-state index in [-0.39, 0.29) is 24.4 Å². The Labute approximate surface area is 174 Å². The predicted octanol–water partition coefficient (Wildman–Crippen LogP) is 3.25. The van der Waals surface area contributed by atoms with Crippen molar-refractivity contribution in [1.82, 2.24) is 4.31 Å². The van der Waals surface area contributed by atoms with Crippen LogP contribution in [-0.4, -0.2) is 38.5 Å². The van der Waals surface area contributed by atoms with Gasteiger partial charge in [-0.25, -0.2) is 12.7 Å². The van der Waals surface area contributed by atoms with Gasteiger partial charge in [0.2, 0.25) is 22.7 Å². The highest BCUT2D eigenvalue weighted by Crippen LogP contribution is 2.34. The van der Waals surface area contributed by atoms with E-state index in [0.29, 0.717) is 53.7 Å². The van der Waals surface area contributed by atoms with E-state index in [1.807, 2.05) is 0 Å². The van der Waals surface area contributed by atoms with Crippen LogP contribution in [0.1, 0.15) is 18.4 Å². The molecule has 0 aliphatic carbocycles. The SMILES string of the molecule is O=C(Nc1ccc2c(c1)OCO2)C1CCN(S(=O)(=O)Cc2ccccc2Cl)CC1. The Morgan fingerprint density at radius 3 is 2.59 bits per heavy atom. The molecular formula is C20H21ClN2O5S. The first kappa shape index (κ1) is 20.0. The van der Waals surface area contributed by atoms with Crippen LogP contribution in [0.5, 0.6) is 11.5 Å². The fourth-order valence-electron chi connectivity index (χ4n) is 3.52. The molecule has 1 fully saturated rings. The van der Waals surface area contributed by atoms with E-state index in [1.54, 1.807) is 42.5 Å². The number of ether oxygens (including phenoxy) is 2. The van der Waals surface area contributed by atoms with Gasteiger partial charge in [-0.15, -0.1) is 0 Å². The number of benzene rings is 2. The molecule has 4 rings (SSSR count). The summed E-state index contributed by atoms with van der Waals surface area (Å²) in [4.78, 5) is 12.6. The number of carbonyl (C=O) groups is 1. The van der Waals surface area contributed by atoms with Gasteiger partial charge in [-0.3, -0.25) is 4.79 Å². The first-order chi connectivity index (χ1) is 13.9. The number of hydrogen-bond acceptors (Lipinski definition) is 5. The molecule has 1 N–H and O–H groups in total. The maximum absolute atomic E-state index is 12.7. The fraction of sp³-hybridized carbons (Fsp3) is 0.350. The molecular weight excluding hydrogens is 416 g/mol. The van der Waals surface area contributed by atoms with Crippen LogP contribution < -0.4 is 14.8 Å². The van der Waals surface area contributed by atoms with Gasteiger partial charge < -0.3 is 14.8 Å². The Bertz CT molecular complexity index is 1020. The van der Waals surface area contributed by atoms with Gasteiger partial charge in [0.25, 0.3) is 0 Å². The summed E-state index contributed by atoms with van der Waals surface area (Å²) < 4.78 is 37.5. The van der Waals surface area contributed by atoms with E-state index in [9.17, 15) is 13.2 Å². The van der Waals surface area contributed by atoms with Gasteiger partial charge in [0.15, 0.2) is 11.5 Å². The lowest BCUT2D eigenvalue weighted by molar-refractivity contribution is -0.120. The zero-order valence-electron chi connectivity index (χ0n) is 15.6. The highest BCUT2D eigenvalue weighted by atomic mass is 35.5. The monoisotopic (exact) mass is 436 g/mol. The minimum Gasteiger partial charge on any atom is -0.454 e. The molecule has 2 aliphatic heterocycles. The number of hydrogen-bond donors (Lipinski definition) is 1. The summed E-state index contributed by atoms with van der Waals surface area (Å²) in [6.07, 6.45) is 0.941. The minimum absolute atomic E-state index is 0.119. The lowest BCUT2D eigenvalue weighted by Crippen LogP contribution is -2.41. The number of fused-ring (bicyclic) bond motifs is 1. The third kappa shape index (κ3) is 4.49. The zero-order valence-corrected chi connectivity index (χ0v) is 17.2. The maximum Gasteiger partial charge on any atom is 0.231 e. The van der Waals surface area contributed by atoms with Gasteiger partial charge in [0.05, 0.1) is 5.75 Å². The molecule has 7 nitrogen and oxygen atoms in total. The maximum atomic E-state index is 12.7. The summed E-state index contributed by atoms with van der Waals surface area (Å²) in [5, 5.41) is 3.32. The molecule has 0 bridgehead atoms. The first-order valence-corrected chi connectivity index (χ1v) is 11.3. The predicted molar refractivity (Wildman–Crippen MR) is 110 cm³/mol. The molecule has 0 unspecified atom stereocenters. The second-order valence-electron chi connectivity index (χ2n) is 7.08. The molecule has 2 aromatic rings. The topological polar surface area (TPSA) is 84.9 Å². The van der Waals surface area contributed by atoms with Crippen LogP contribution >= 0.6 is 11.6 Å². The van der Waals surface area contributed by atoms with Crippen molar-refractivity contribution in [1.29, 1.82) is 0 Å². The summed E-state index contributed by atoms with van der Waals surface area (Å²) in [7, 11) is -3.49. The lowest BCUT2D eigenvalue weighted by Gasteiger charge is -2.30. The third-order valence-corrected chi connectivity index (χ3v) is 7.35. The molecule has 0 aromatic heterocycles. The van der Waals surface area contributed by atoms with E-state index >= 15 is 0 Å². The average molecular weight is 437 g/mol. The number of halogens is 1. The Kier molecular flexibility index (Phi) is 5.67. The van der Waals surface area contributed by atoms with Crippen molar-refractivity contribution in [2.75, 3.05) is 25.2 Å². The van der Waals surface area contributed by atoms with Crippen molar-refractivity contribution >= 4 is 33.2 Å². The summed E-state index contributed by atoms with van der Waals surface area (Å²) in [5.41, 5.74) is 1.21. The van der Waals surface area contributed by atoms with Crippen molar-refractivity contribution in [3.05, 3.63) is 53.1 Å². The van der Waals surface area contributed by atoms with Crippen molar-refractivity contribution in [2.45, 2.75) is 18.6 Å². The number of nitrogens with zero attached hydrogens (tertiary/aromatic N) is 1. The number of amides is 1. The van der Waals surface area contributed by atoms with Crippen LogP contribution in [0.4, 0.5) is 5.69 Å². The quantitative estimate of drug-likeness (QED) is 0.777. The molecule has 29 heavy (non-hydrogen) atoms. The normalized spacial score (nSPS) is 17.3. The molecule has 0 spiro atoms. The number of nitrogens with one attached hydrogen (secondary N) is 1. The molecule has 2 heterocycles. The van der Waals surface area contributed by atoms with Gasteiger partial charge in [0.1, 0.15) is 0 Å². The van der Waals surface area contributed by atoms with Crippen molar-refractivity contribution in [2.24, 2.45) is 5.92 Å². The summed E-state index contributed by atoms with van der Waals surface area (Å²) >= 11 is 6.09. The Morgan fingerprint density at radius 1 is 1.10 bits per heavy atom. The Balaban J connectivity index is 1.34. The van der Waals surface area contributed by atoms with E-state index in [0.717, 1.165) is 0 Å². The van der Waals surface area contributed by atoms with Crippen LogP contribution in [0.2, 0.25) is 5.02 Å². The van der Waals surface area contributed by atoms with E-state index in [1.165, 1.54) is 4.31 Å². The van der Waals surface area contributed by atoms with Crippen molar-refractivity contribution in [3.8, 4) is 11.5 Å². The molecule has 154 valence electrons. The summed E-state index contributed by atoms with van der Waals surface area (Å²) in [5.74, 6) is 0.753. The number of sulfonamides is 1. The van der Waals surface area contributed by atoms with E-state index in [2.05, 4.69) is 5.32 Å². The molecule has 1 amide bonds. The number of carbonyl (C=O) groups excluding carboxylic acids is 1. The number of piperidine rings is 1. The van der Waals surface area contributed by atoms with Gasteiger partial charge in [-0.05, 0) is 36.6 Å². The van der Waals surface area contributed by atoms with Crippen molar-refractivity contribution < 1.29 is 22.7 Å². The van der Waals surface area contributed by atoms with Crippen molar-refractivity contribution in [3.63, 3.8) is 0 Å². The van der Waals surface area contributed by atoms with Crippen LogP contribution in [0.3, 0.4) is 0 Å². The van der Waals surface area contributed by atoms with Gasteiger partial charge in [0, 0.05) is 35.8 Å². The Morgan fingerprint density at radius 2 is 1.83 bits per heavy atom. The number of anilines is 1. The standard InChI is InChI=1S/C20H21ClN2O5S/c21-17-4-2-1-3-15(17)12-29(25,26)23-9-7-14(8-10-23)20(24)22-16-5-6-18-19(11-16)28-13-27-18/h1-6,11,14H,7-10,12-13H2,(H,22,24). The fourth-order valence-corrected chi connectivity index (χ4v) is 5.39. The smallest absolute Gasteiger partial charge is 0.231 e. The van der Waals surface area contributed by atoms with Crippen LogP contribution in [0.25, 0.3) is 0 Å². The molecule has 2 aromatic carbocycles. The Hall–Kier alpha value is -2.29. The average Bonchev–Trinajstić information content (AvgIpc) is 3.17. The molecule has 9 heteroatoms. The highest BCUT2D eigenvalue weighted by molar-refractivity contribution is 7.88. The largest absolute Gasteiger partial charge is 0.454 e. The zero-order chi connectivity index (χ0) is 20.4. The minimum atomic E-state index is -3.49. The molecule has 0 atom stereocenters. The summed E-state index contributed by atoms with van der Waals surface area (Å²) in [6.45, 7) is 0.798. The molecule has 1 saturated heterocycles. The third-order valence-electron chi connectivity index (χ3n) is 5.15. The second kappa shape index (κ2) is 8.22. The highest BCUT2D eigenvalue weighted by Gasteiger charge is 2.31. The van der Waals surface area contributed by atoms with E-state index in [4.69, 9.17) is 21.1 Å². The molecule has 0 saturated carbocycles. The van der Waals surface area contributed by atoms with Gasteiger partial charge >= 0.3 is 0 Å². The summed E-state index contributed by atoms with van der Waals surface area (Å²) in [6, 6.07) is 12.2. The van der Waals surface area contributed by atoms with Gasteiger partial charge in [-0.2, -0.15) is 0 Å². The molecule has 0 radical (unpaired) electrons. The van der Waals surface area contributed by atoms with E-state index < -0.39 is 10.0 Å². The lowest BCUT2D eigenvalue weighted by atomic mass is 9.97. The molecule has 2 aliphatic rings. The first-order valence-electron chi connectivity index (χ1n) is 9.34. The number of rotatable bonds is 5. The second-order valence-corrected chi connectivity index (χ2v) is 9.45. The van der Waals surface area contributed by atoms with Crippen LogP contribution in [0, 0.1) is 5.92 Å². The van der Waals surface area contributed by atoms with Crippen LogP contribution in [0.15, 0.2) is 42.5 Å². The van der Waals surface area contributed by atoms with Gasteiger partial charge in [-0.1, -0.05) is 29.8 Å². The van der Waals surface area contributed by atoms with Crippen LogP contribution in [-0.2, 0) is 20.6 Å².